The second-order valence-corrected chi connectivity index (χ2v) is 6.20. The van der Waals surface area contributed by atoms with Gasteiger partial charge in [0.2, 0.25) is 5.91 Å². The molecule has 7 nitrogen and oxygen atoms in total. The lowest BCUT2D eigenvalue weighted by molar-refractivity contribution is -0.134. The Labute approximate surface area is 141 Å². The van der Waals surface area contributed by atoms with E-state index in [0.717, 1.165) is 6.42 Å². The monoisotopic (exact) mass is 336 g/mol. The van der Waals surface area contributed by atoms with E-state index in [9.17, 15) is 14.4 Å². The molecule has 2 amide bonds. The highest BCUT2D eigenvalue weighted by molar-refractivity contribution is 5.89. The fourth-order valence-electron chi connectivity index (χ4n) is 1.46. The molecule has 0 fully saturated rings. The molecule has 0 bridgehead atoms. The van der Waals surface area contributed by atoms with E-state index < -0.39 is 17.3 Å². The Morgan fingerprint density at radius 2 is 1.67 bits per heavy atom. The van der Waals surface area contributed by atoms with Gasteiger partial charge in [-0.25, -0.2) is 4.79 Å². The summed E-state index contributed by atoms with van der Waals surface area (Å²) in [5.74, 6) is -0.754. The number of ether oxygens (including phenoxy) is 2. The van der Waals surface area contributed by atoms with Crippen LogP contribution < -0.4 is 15.6 Å². The van der Waals surface area contributed by atoms with Crippen molar-refractivity contribution < 1.29 is 23.9 Å². The largest absolute Gasteiger partial charge is 0.484 e. The number of benzene rings is 1. The van der Waals surface area contributed by atoms with Gasteiger partial charge in [-0.2, -0.15) is 0 Å². The molecule has 24 heavy (non-hydrogen) atoms. The number of hydrazine groups is 1. The average molecular weight is 336 g/mol. The Balaban J connectivity index is 2.41. The standard InChI is InChI=1S/C17H24N2O5/c1-5-10-23-15(21)12-6-8-13(9-7-12)24-11-14(20)18-19-16(22)17(2,3)4/h6-9H,5,10-11H2,1-4H3,(H,18,20)(H,19,22). The maximum absolute atomic E-state index is 11.6. The van der Waals surface area contributed by atoms with Gasteiger partial charge in [0, 0.05) is 5.41 Å². The van der Waals surface area contributed by atoms with Crippen LogP contribution in [-0.4, -0.2) is 31.0 Å². The first-order chi connectivity index (χ1) is 11.2. The van der Waals surface area contributed by atoms with Crippen LogP contribution in [0.1, 0.15) is 44.5 Å². The zero-order valence-electron chi connectivity index (χ0n) is 14.5. The molecule has 0 radical (unpaired) electrons. The number of hydrogen-bond donors (Lipinski definition) is 2. The molecule has 0 atom stereocenters. The van der Waals surface area contributed by atoms with Crippen molar-refractivity contribution in [2.75, 3.05) is 13.2 Å². The van der Waals surface area contributed by atoms with Gasteiger partial charge in [0.05, 0.1) is 12.2 Å². The first-order valence-corrected chi connectivity index (χ1v) is 7.73. The third-order valence-corrected chi connectivity index (χ3v) is 2.89. The molecule has 0 heterocycles. The van der Waals surface area contributed by atoms with Gasteiger partial charge in [-0.15, -0.1) is 0 Å². The number of rotatable bonds is 6. The number of carbonyl (C=O) groups excluding carboxylic acids is 3. The Hall–Kier alpha value is -2.57. The van der Waals surface area contributed by atoms with Crippen LogP contribution >= 0.6 is 0 Å². The topological polar surface area (TPSA) is 93.7 Å². The number of hydrogen-bond acceptors (Lipinski definition) is 5. The lowest BCUT2D eigenvalue weighted by Crippen LogP contribution is -2.48. The van der Waals surface area contributed by atoms with E-state index in [0.29, 0.717) is 17.9 Å². The van der Waals surface area contributed by atoms with Crippen molar-refractivity contribution in [3.63, 3.8) is 0 Å². The Kier molecular flexibility index (Phi) is 7.23. The number of amides is 2. The lowest BCUT2D eigenvalue weighted by atomic mass is 9.96. The van der Waals surface area contributed by atoms with E-state index in [2.05, 4.69) is 10.9 Å². The van der Waals surface area contributed by atoms with Crippen LogP contribution in [0.15, 0.2) is 24.3 Å². The molecule has 7 heteroatoms. The zero-order valence-corrected chi connectivity index (χ0v) is 14.5. The summed E-state index contributed by atoms with van der Waals surface area (Å²) in [5.41, 5.74) is 4.41. The second kappa shape index (κ2) is 8.90. The molecule has 1 aromatic rings. The molecular formula is C17H24N2O5. The van der Waals surface area contributed by atoms with Gasteiger partial charge in [0.15, 0.2) is 6.61 Å². The highest BCUT2D eigenvalue weighted by Crippen LogP contribution is 2.13. The quantitative estimate of drug-likeness (QED) is 0.610. The molecule has 0 unspecified atom stereocenters. The third-order valence-electron chi connectivity index (χ3n) is 2.89. The van der Waals surface area contributed by atoms with E-state index in [1.807, 2.05) is 6.92 Å². The molecule has 0 aliphatic rings. The highest BCUT2D eigenvalue weighted by Gasteiger charge is 2.21. The van der Waals surface area contributed by atoms with E-state index in [1.54, 1.807) is 45.0 Å². The molecule has 0 saturated heterocycles. The fraction of sp³-hybridized carbons (Fsp3) is 0.471. The summed E-state index contributed by atoms with van der Waals surface area (Å²) in [7, 11) is 0. The molecule has 0 saturated carbocycles. The molecule has 0 aromatic heterocycles. The summed E-state index contributed by atoms with van der Waals surface area (Å²) >= 11 is 0. The smallest absolute Gasteiger partial charge is 0.338 e. The summed E-state index contributed by atoms with van der Waals surface area (Å²) in [6.07, 6.45) is 0.758. The number of nitrogens with one attached hydrogen (secondary N) is 2. The average Bonchev–Trinajstić information content (AvgIpc) is 2.55. The minimum atomic E-state index is -0.601. The minimum absolute atomic E-state index is 0.260. The van der Waals surface area contributed by atoms with Gasteiger partial charge >= 0.3 is 5.97 Å². The van der Waals surface area contributed by atoms with E-state index >= 15 is 0 Å². The van der Waals surface area contributed by atoms with Crippen LogP contribution in [0.25, 0.3) is 0 Å². The van der Waals surface area contributed by atoms with Crippen LogP contribution in [0.2, 0.25) is 0 Å². The Bertz CT molecular complexity index is 576. The second-order valence-electron chi connectivity index (χ2n) is 6.20. The Morgan fingerprint density at radius 3 is 2.21 bits per heavy atom. The van der Waals surface area contributed by atoms with Gasteiger partial charge in [0.25, 0.3) is 5.91 Å². The van der Waals surface area contributed by atoms with Gasteiger partial charge in [-0.05, 0) is 30.7 Å². The summed E-state index contributed by atoms with van der Waals surface area (Å²) in [4.78, 5) is 34.9. The van der Waals surface area contributed by atoms with E-state index in [-0.39, 0.29) is 12.5 Å². The van der Waals surface area contributed by atoms with Crippen molar-refractivity contribution in [2.45, 2.75) is 34.1 Å². The van der Waals surface area contributed by atoms with Gasteiger partial charge < -0.3 is 9.47 Å². The maximum atomic E-state index is 11.6. The van der Waals surface area contributed by atoms with Gasteiger partial charge in [-0.3, -0.25) is 20.4 Å². The van der Waals surface area contributed by atoms with Crippen molar-refractivity contribution in [1.29, 1.82) is 0 Å². The van der Waals surface area contributed by atoms with Crippen LogP contribution in [0.3, 0.4) is 0 Å². The first kappa shape index (κ1) is 19.5. The van der Waals surface area contributed by atoms with E-state index in [1.165, 1.54) is 0 Å². The first-order valence-electron chi connectivity index (χ1n) is 7.73. The van der Waals surface area contributed by atoms with Crippen molar-refractivity contribution in [1.82, 2.24) is 10.9 Å². The summed E-state index contributed by atoms with van der Waals surface area (Å²) in [6, 6.07) is 6.27. The van der Waals surface area contributed by atoms with Crippen molar-refractivity contribution in [3.05, 3.63) is 29.8 Å². The zero-order chi connectivity index (χ0) is 18.2. The minimum Gasteiger partial charge on any atom is -0.484 e. The predicted octanol–water partition coefficient (Wildman–Crippen LogP) is 1.83. The van der Waals surface area contributed by atoms with Gasteiger partial charge in [0.1, 0.15) is 5.75 Å². The molecule has 0 aliphatic carbocycles. The lowest BCUT2D eigenvalue weighted by Gasteiger charge is -2.17. The predicted molar refractivity (Wildman–Crippen MR) is 88.3 cm³/mol. The van der Waals surface area contributed by atoms with Crippen LogP contribution in [0.4, 0.5) is 0 Å². The molecule has 1 rings (SSSR count). The molecule has 1 aromatic carbocycles. The molecular weight excluding hydrogens is 312 g/mol. The van der Waals surface area contributed by atoms with Crippen LogP contribution in [0, 0.1) is 5.41 Å². The van der Waals surface area contributed by atoms with Crippen molar-refractivity contribution in [3.8, 4) is 5.75 Å². The third kappa shape index (κ3) is 6.68. The van der Waals surface area contributed by atoms with Crippen LogP contribution in [-0.2, 0) is 14.3 Å². The van der Waals surface area contributed by atoms with Gasteiger partial charge in [-0.1, -0.05) is 27.7 Å². The van der Waals surface area contributed by atoms with Crippen molar-refractivity contribution in [2.24, 2.45) is 5.41 Å². The summed E-state index contributed by atoms with van der Waals surface area (Å²) in [5, 5.41) is 0. The summed E-state index contributed by atoms with van der Waals surface area (Å²) < 4.78 is 10.3. The normalized spacial score (nSPS) is 10.7. The number of esters is 1. The fourth-order valence-corrected chi connectivity index (χ4v) is 1.46. The highest BCUT2D eigenvalue weighted by atomic mass is 16.5. The molecule has 2 N–H and O–H groups in total. The summed E-state index contributed by atoms with van der Waals surface area (Å²) in [6.45, 7) is 7.23. The Morgan fingerprint density at radius 1 is 1.04 bits per heavy atom. The maximum Gasteiger partial charge on any atom is 0.338 e. The van der Waals surface area contributed by atoms with Crippen molar-refractivity contribution >= 4 is 17.8 Å². The number of carbonyl (C=O) groups is 3. The SMILES string of the molecule is CCCOC(=O)c1ccc(OCC(=O)NNC(=O)C(C)(C)C)cc1. The van der Waals surface area contributed by atoms with Crippen LogP contribution in [0.5, 0.6) is 5.75 Å². The molecule has 132 valence electrons. The molecule has 0 spiro atoms. The molecule has 0 aliphatic heterocycles. The van der Waals surface area contributed by atoms with E-state index in [4.69, 9.17) is 9.47 Å².